The first kappa shape index (κ1) is 37.4. The van der Waals surface area contributed by atoms with Gasteiger partial charge in [-0.05, 0) is 102 Å². The van der Waals surface area contributed by atoms with Crippen molar-refractivity contribution in [1.29, 1.82) is 5.26 Å². The van der Waals surface area contributed by atoms with Crippen molar-refractivity contribution < 1.29 is 14.3 Å². The zero-order valence-electron chi connectivity index (χ0n) is 25.7. The number of nitrogens with zero attached hydrogens (tertiary/aromatic N) is 3. The number of hydrogen-bond donors (Lipinski definition) is 0. The minimum absolute atomic E-state index is 0. The summed E-state index contributed by atoms with van der Waals surface area (Å²) in [6.07, 6.45) is 16.1. The van der Waals surface area contributed by atoms with Crippen molar-refractivity contribution in [2.75, 3.05) is 13.7 Å². The third-order valence-corrected chi connectivity index (χ3v) is 6.21. The third-order valence-electron chi connectivity index (χ3n) is 6.21. The van der Waals surface area contributed by atoms with Gasteiger partial charge < -0.3 is 9.47 Å². The summed E-state index contributed by atoms with van der Waals surface area (Å²) in [4.78, 5) is 10.2. The average Bonchev–Trinajstić information content (AvgIpc) is 3.30. The molecule has 6 heteroatoms. The number of aryl methyl sites for hydroxylation is 1. The molecule has 0 fully saturated rings. The van der Waals surface area contributed by atoms with E-state index < -0.39 is 0 Å². The van der Waals surface area contributed by atoms with Crippen molar-refractivity contribution in [3.63, 3.8) is 0 Å². The molecular weight excluding hydrogens is 510 g/mol. The maximum absolute atomic E-state index is 10.2. The van der Waals surface area contributed by atoms with Crippen LogP contribution in [0.25, 0.3) is 11.3 Å². The van der Waals surface area contributed by atoms with Gasteiger partial charge >= 0.3 is 5.97 Å². The number of methoxy groups -OCH3 is 1. The van der Waals surface area contributed by atoms with Crippen LogP contribution in [0.15, 0.2) is 48.1 Å². The number of esters is 1. The second-order valence-electron chi connectivity index (χ2n) is 11.0. The fraction of sp³-hybridized carbons (Fsp3) is 0.514. The van der Waals surface area contributed by atoms with Crippen LogP contribution < -0.4 is 0 Å². The van der Waals surface area contributed by atoms with Crippen molar-refractivity contribution in [2.45, 2.75) is 100 Å². The van der Waals surface area contributed by atoms with Crippen LogP contribution in [0.5, 0.6) is 0 Å². The van der Waals surface area contributed by atoms with E-state index in [2.05, 4.69) is 49.2 Å². The quantitative estimate of drug-likeness (QED) is 0.238. The van der Waals surface area contributed by atoms with Crippen LogP contribution in [-0.4, -0.2) is 35.1 Å². The first-order chi connectivity index (χ1) is 18.9. The normalized spacial score (nSPS) is 12.8. The molecule has 1 aromatic heterocycles. The van der Waals surface area contributed by atoms with Crippen LogP contribution in [0.4, 0.5) is 0 Å². The van der Waals surface area contributed by atoms with E-state index >= 15 is 0 Å². The highest BCUT2D eigenvalue weighted by molar-refractivity contribution is 5.68. The number of hydrogen-bond acceptors (Lipinski definition) is 5. The molecule has 1 aliphatic rings. The van der Waals surface area contributed by atoms with Gasteiger partial charge in [0.15, 0.2) is 0 Å². The lowest BCUT2D eigenvalue weighted by Crippen LogP contribution is -2.21. The summed E-state index contributed by atoms with van der Waals surface area (Å²) in [7, 11) is 1.74. The van der Waals surface area contributed by atoms with Gasteiger partial charge in [0.05, 0.1) is 28.7 Å². The van der Waals surface area contributed by atoms with Crippen molar-refractivity contribution in [3.05, 3.63) is 65.0 Å². The lowest BCUT2D eigenvalue weighted by molar-refractivity contribution is -0.151. The SMILES string of the molecule is C.C#CCCC(CC)CCOC.CC(=O)OC(C)(C)C.CC1=CC=C(c2cc(C)nn2-c2ccc(C#N)cc2)CC1. The molecule has 0 amide bonds. The third kappa shape index (κ3) is 15.1. The molecule has 0 saturated carbocycles. The molecule has 0 saturated heterocycles. The lowest BCUT2D eigenvalue weighted by Gasteiger charge is -2.17. The van der Waals surface area contributed by atoms with Crippen LogP contribution >= 0.6 is 0 Å². The minimum atomic E-state index is -0.328. The van der Waals surface area contributed by atoms with E-state index in [4.69, 9.17) is 21.2 Å². The first-order valence-corrected chi connectivity index (χ1v) is 14.0. The topological polar surface area (TPSA) is 77.1 Å². The molecule has 224 valence electrons. The summed E-state index contributed by atoms with van der Waals surface area (Å²) in [5, 5.41) is 13.5. The molecule has 6 nitrogen and oxygen atoms in total. The highest BCUT2D eigenvalue weighted by atomic mass is 16.6. The van der Waals surface area contributed by atoms with Crippen molar-refractivity contribution in [3.8, 4) is 24.1 Å². The maximum Gasteiger partial charge on any atom is 0.303 e. The van der Waals surface area contributed by atoms with Crippen molar-refractivity contribution in [2.24, 2.45) is 5.92 Å². The van der Waals surface area contributed by atoms with Gasteiger partial charge in [0.25, 0.3) is 0 Å². The van der Waals surface area contributed by atoms with E-state index in [0.717, 1.165) is 61.7 Å². The molecule has 1 heterocycles. The van der Waals surface area contributed by atoms with Gasteiger partial charge in [0.1, 0.15) is 5.60 Å². The number of ether oxygens (including phenoxy) is 2. The monoisotopic (exact) mass is 561 g/mol. The molecule has 0 aliphatic heterocycles. The summed E-state index contributed by atoms with van der Waals surface area (Å²) in [6.45, 7) is 14.2. The van der Waals surface area contributed by atoms with E-state index in [1.807, 2.05) is 56.6 Å². The number of nitriles is 1. The molecule has 1 unspecified atom stereocenters. The predicted molar refractivity (Wildman–Crippen MR) is 171 cm³/mol. The number of benzene rings is 1. The van der Waals surface area contributed by atoms with Gasteiger partial charge in [-0.3, -0.25) is 4.79 Å². The second kappa shape index (κ2) is 19.5. The van der Waals surface area contributed by atoms with E-state index in [9.17, 15) is 4.79 Å². The molecule has 0 N–H and O–H groups in total. The Labute approximate surface area is 249 Å². The minimum Gasteiger partial charge on any atom is -0.460 e. The number of carbonyl (C=O) groups excluding carboxylic acids is 1. The highest BCUT2D eigenvalue weighted by Gasteiger charge is 2.14. The van der Waals surface area contributed by atoms with Crippen LogP contribution in [0.2, 0.25) is 0 Å². The molecule has 1 atom stereocenters. The van der Waals surface area contributed by atoms with E-state index in [0.29, 0.717) is 5.56 Å². The van der Waals surface area contributed by atoms with Gasteiger partial charge in [-0.25, -0.2) is 4.68 Å². The lowest BCUT2D eigenvalue weighted by atomic mass is 9.97. The number of terminal acetylenes is 1. The number of rotatable bonds is 8. The molecule has 1 aromatic carbocycles. The van der Waals surface area contributed by atoms with E-state index in [-0.39, 0.29) is 19.0 Å². The summed E-state index contributed by atoms with van der Waals surface area (Å²) in [5.41, 5.74) is 6.20. The van der Waals surface area contributed by atoms with Crippen LogP contribution in [-0.2, 0) is 14.3 Å². The summed E-state index contributed by atoms with van der Waals surface area (Å²) < 4.78 is 11.8. The molecule has 0 radical (unpaired) electrons. The standard InChI is InChI=1S/C18H17N3.C10H18O.C6H12O2.CH4/c1-13-3-7-16(8-4-13)18-11-14(2)20-21(18)17-9-5-15(12-19)6-10-17;1-4-6-7-10(5-2)8-9-11-3;1-5(7)8-6(2,3)4;/h3,5-7,9-11H,4,8H2,1-2H3;1,10H,5-9H2,2-3H3;1-4H3;1H4. The molecule has 3 rings (SSSR count). The van der Waals surface area contributed by atoms with E-state index in [1.165, 1.54) is 24.5 Å². The molecular formula is C35H51N3O3. The average molecular weight is 562 g/mol. The van der Waals surface area contributed by atoms with Crippen LogP contribution in [0.3, 0.4) is 0 Å². The largest absolute Gasteiger partial charge is 0.460 e. The first-order valence-electron chi connectivity index (χ1n) is 14.0. The van der Waals surface area contributed by atoms with Crippen LogP contribution in [0, 0.1) is 36.5 Å². The fourth-order valence-corrected chi connectivity index (χ4v) is 4.11. The fourth-order valence-electron chi connectivity index (χ4n) is 4.11. The summed E-state index contributed by atoms with van der Waals surface area (Å²) in [5.74, 6) is 3.20. The Morgan fingerprint density at radius 1 is 1.15 bits per heavy atom. The Kier molecular flexibility index (Phi) is 17.8. The summed E-state index contributed by atoms with van der Waals surface area (Å²) in [6, 6.07) is 11.8. The Balaban J connectivity index is 0.000000678. The highest BCUT2D eigenvalue weighted by Crippen LogP contribution is 2.28. The smallest absolute Gasteiger partial charge is 0.303 e. The Morgan fingerprint density at radius 3 is 2.24 bits per heavy atom. The Hall–Kier alpha value is -3.61. The van der Waals surface area contributed by atoms with Gasteiger partial charge in [0.2, 0.25) is 0 Å². The molecule has 1 aliphatic carbocycles. The van der Waals surface area contributed by atoms with Gasteiger partial charge in [-0.15, -0.1) is 12.3 Å². The summed E-state index contributed by atoms with van der Waals surface area (Å²) >= 11 is 0. The zero-order chi connectivity index (χ0) is 30.1. The van der Waals surface area contributed by atoms with Gasteiger partial charge in [-0.2, -0.15) is 10.4 Å². The molecule has 41 heavy (non-hydrogen) atoms. The van der Waals surface area contributed by atoms with Gasteiger partial charge in [0, 0.05) is 27.1 Å². The molecule has 2 aromatic rings. The maximum atomic E-state index is 10.2. The number of carbonyl (C=O) groups is 1. The Bertz CT molecular complexity index is 1200. The van der Waals surface area contributed by atoms with Crippen molar-refractivity contribution in [1.82, 2.24) is 9.78 Å². The number of aromatic nitrogens is 2. The van der Waals surface area contributed by atoms with E-state index in [1.54, 1.807) is 7.11 Å². The zero-order valence-corrected chi connectivity index (χ0v) is 25.7. The molecule has 0 spiro atoms. The van der Waals surface area contributed by atoms with Gasteiger partial charge in [-0.1, -0.05) is 38.5 Å². The van der Waals surface area contributed by atoms with Crippen LogP contribution in [0.1, 0.15) is 104 Å². The van der Waals surface area contributed by atoms with Crippen molar-refractivity contribution >= 4 is 11.5 Å². The number of allylic oxidation sites excluding steroid dienone is 4. The second-order valence-corrected chi connectivity index (χ2v) is 11.0. The molecule has 0 bridgehead atoms. The predicted octanol–water partition coefficient (Wildman–Crippen LogP) is 8.62. The Morgan fingerprint density at radius 2 is 1.80 bits per heavy atom.